The molecule has 3 nitrogen and oxygen atoms in total. The van der Waals surface area contributed by atoms with Gasteiger partial charge in [0.1, 0.15) is 11.2 Å². The van der Waals surface area contributed by atoms with Gasteiger partial charge in [-0.3, -0.25) is 0 Å². The molecule has 0 radical (unpaired) electrons. The zero-order chi connectivity index (χ0) is 53.8. The molecule has 350 valence electrons. The maximum atomic E-state index is 9.29. The molecule has 0 spiro atoms. The first-order valence-corrected chi connectivity index (χ1v) is 25.4. The van der Waals surface area contributed by atoms with E-state index in [4.69, 9.17) is 8.53 Å². The van der Waals surface area contributed by atoms with Crippen LogP contribution in [0, 0.1) is 0 Å². The molecule has 0 aliphatic carbocycles. The lowest BCUT2D eigenvalue weighted by atomic mass is 9.33. The Morgan fingerprint density at radius 2 is 0.865 bits per heavy atom. The van der Waals surface area contributed by atoms with Gasteiger partial charge in [-0.05, 0) is 126 Å². The summed E-state index contributed by atoms with van der Waals surface area (Å²) in [6.07, 6.45) is 0. The maximum absolute atomic E-state index is 9.29. The Balaban J connectivity index is 1.14. The van der Waals surface area contributed by atoms with Crippen LogP contribution in [0.5, 0.6) is 0 Å². The molecular weight excluding hydrogens is 896 g/mol. The van der Waals surface area contributed by atoms with Gasteiger partial charge < -0.3 is 14.2 Å². The van der Waals surface area contributed by atoms with E-state index in [9.17, 15) is 2.74 Å². The van der Waals surface area contributed by atoms with Crippen molar-refractivity contribution in [1.29, 1.82) is 0 Å². The maximum Gasteiger partial charge on any atom is 0.252 e. The molecule has 11 aromatic carbocycles. The number of benzene rings is 11. The third-order valence-electron chi connectivity index (χ3n) is 15.1. The van der Waals surface area contributed by atoms with Crippen LogP contribution in [0.3, 0.4) is 0 Å². The highest BCUT2D eigenvalue weighted by Gasteiger charge is 2.45. The largest absolute Gasteiger partial charge is 0.456 e. The summed E-state index contributed by atoms with van der Waals surface area (Å²) in [5.41, 5.74) is 21.0. The van der Waals surface area contributed by atoms with Crippen LogP contribution in [-0.4, -0.2) is 6.71 Å². The molecule has 0 amide bonds. The van der Waals surface area contributed by atoms with Gasteiger partial charge in [-0.15, -0.1) is 0 Å². The second-order valence-corrected chi connectivity index (χ2v) is 20.5. The van der Waals surface area contributed by atoms with Crippen molar-refractivity contribution in [1.82, 2.24) is 0 Å². The summed E-state index contributed by atoms with van der Waals surface area (Å²) in [4.78, 5) is 4.87. The van der Waals surface area contributed by atoms with Gasteiger partial charge in [0.15, 0.2) is 0 Å². The van der Waals surface area contributed by atoms with Crippen molar-refractivity contribution in [3.63, 3.8) is 0 Å². The van der Waals surface area contributed by atoms with E-state index in [0.29, 0.717) is 5.56 Å². The van der Waals surface area contributed by atoms with Crippen molar-refractivity contribution in [2.24, 2.45) is 0 Å². The molecular formula is C70H51BN2O. The van der Waals surface area contributed by atoms with Gasteiger partial charge in [0, 0.05) is 44.6 Å². The van der Waals surface area contributed by atoms with Gasteiger partial charge in [0.25, 0.3) is 6.71 Å². The lowest BCUT2D eigenvalue weighted by molar-refractivity contribution is 0.592. The van der Waals surface area contributed by atoms with Crippen LogP contribution in [0.2, 0.25) is 0 Å². The van der Waals surface area contributed by atoms with E-state index in [2.05, 4.69) is 231 Å². The van der Waals surface area contributed by atoms with E-state index in [0.717, 1.165) is 117 Å². The van der Waals surface area contributed by atoms with Crippen molar-refractivity contribution in [2.75, 3.05) is 9.80 Å². The Morgan fingerprint density at radius 3 is 1.50 bits per heavy atom. The molecule has 0 unspecified atom stereocenters. The summed E-state index contributed by atoms with van der Waals surface area (Å²) in [6.45, 7) is 6.38. The summed E-state index contributed by atoms with van der Waals surface area (Å²) in [5, 5.41) is 2.09. The molecule has 0 saturated heterocycles. The molecule has 0 atom stereocenters. The predicted molar refractivity (Wildman–Crippen MR) is 314 cm³/mol. The number of para-hydroxylation sites is 3. The quantitative estimate of drug-likeness (QED) is 0.148. The zero-order valence-electron chi connectivity index (χ0n) is 46.2. The summed E-state index contributed by atoms with van der Waals surface area (Å²) >= 11 is 0. The molecule has 0 fully saturated rings. The van der Waals surface area contributed by atoms with E-state index in [-0.39, 0.29) is 35.1 Å². The molecule has 4 heteroatoms. The van der Waals surface area contributed by atoms with E-state index >= 15 is 0 Å². The van der Waals surface area contributed by atoms with E-state index in [1.165, 1.54) is 5.56 Å². The highest BCUT2D eigenvalue weighted by molar-refractivity contribution is 7.00. The summed E-state index contributed by atoms with van der Waals surface area (Å²) in [5.74, 6) is 0. The monoisotopic (exact) mass is 951 g/mol. The van der Waals surface area contributed by atoms with Crippen molar-refractivity contribution in [3.8, 4) is 55.6 Å². The number of nitrogens with zero attached hydrogens (tertiary/aromatic N) is 2. The molecule has 2 aliphatic heterocycles. The van der Waals surface area contributed by atoms with E-state index in [1.54, 1.807) is 0 Å². The smallest absolute Gasteiger partial charge is 0.252 e. The number of fused-ring (bicyclic) bond motifs is 7. The van der Waals surface area contributed by atoms with E-state index < -0.39 is 12.8 Å². The average Bonchev–Trinajstić information content (AvgIpc) is 4.04. The standard InChI is InChI=1S/C70H51BN2O/c1-70(2,3)58-31-17-13-27-53(58)51-36-39-64-60(43-51)71-59-42-50(46-21-7-4-8-22-46)35-38-63(59)72(61-32-18-14-28-54(61)47-23-9-5-10-24-47)65-44-52(49-37-40-68-57(41-49)56-30-16-20-34-67(56)74-68)45-66(69(65)71)73(64)62-33-19-15-29-55(62)48-25-11-6-12-26-48/h4-45H,1-3H3/i4D,7D,8D,21D,22D. The summed E-state index contributed by atoms with van der Waals surface area (Å²) < 4.78 is 51.2. The van der Waals surface area contributed by atoms with Crippen molar-refractivity contribution >= 4 is 79.2 Å². The second-order valence-electron chi connectivity index (χ2n) is 20.5. The molecule has 14 rings (SSSR count). The predicted octanol–water partition coefficient (Wildman–Crippen LogP) is 17.3. The first-order valence-electron chi connectivity index (χ1n) is 27.9. The minimum absolute atomic E-state index is 0.155. The second kappa shape index (κ2) is 17.3. The third-order valence-corrected chi connectivity index (χ3v) is 15.1. The number of anilines is 6. The molecule has 1 aromatic heterocycles. The SMILES string of the molecule is [2H]c1c([2H])c([2H])c(-c2ccc3c(c2)B2c4cc(-c5ccccc5C(C)(C)C)ccc4N(c4ccccc4-c4ccccc4)c4cc(-c5ccc6oc7ccccc7c6c5)cc(c42)N3c2ccccc2-c2ccccc2)c([2H])c1[2H]. The molecule has 0 saturated carbocycles. The Morgan fingerprint density at radius 1 is 0.365 bits per heavy atom. The first kappa shape index (κ1) is 38.5. The summed E-state index contributed by atoms with van der Waals surface area (Å²) in [7, 11) is 0. The fourth-order valence-corrected chi connectivity index (χ4v) is 11.8. The first-order chi connectivity index (χ1) is 38.4. The molecule has 0 N–H and O–H groups in total. The topological polar surface area (TPSA) is 19.6 Å². The number of furan rings is 1. The van der Waals surface area contributed by atoms with Gasteiger partial charge in [0.2, 0.25) is 0 Å². The van der Waals surface area contributed by atoms with Gasteiger partial charge in [0.05, 0.1) is 18.2 Å². The minimum atomic E-state index is -0.421. The molecule has 0 bridgehead atoms. The normalized spacial score (nSPS) is 13.7. The lowest BCUT2D eigenvalue weighted by Gasteiger charge is -2.45. The molecule has 74 heavy (non-hydrogen) atoms. The minimum Gasteiger partial charge on any atom is -0.456 e. The van der Waals surface area contributed by atoms with Crippen molar-refractivity contribution in [3.05, 3.63) is 260 Å². The van der Waals surface area contributed by atoms with Crippen molar-refractivity contribution < 1.29 is 11.3 Å². The average molecular weight is 952 g/mol. The van der Waals surface area contributed by atoms with Crippen LogP contribution in [0.4, 0.5) is 34.1 Å². The number of rotatable bonds is 7. The zero-order valence-corrected chi connectivity index (χ0v) is 41.2. The molecule has 2 aliphatic rings. The van der Waals surface area contributed by atoms with Gasteiger partial charge >= 0.3 is 0 Å². The third kappa shape index (κ3) is 7.12. The number of hydrogen-bond acceptors (Lipinski definition) is 3. The summed E-state index contributed by atoms with van der Waals surface area (Å²) in [6, 6.07) is 77.9. The van der Waals surface area contributed by atoms with Crippen LogP contribution in [0.25, 0.3) is 77.6 Å². The fourth-order valence-electron chi connectivity index (χ4n) is 11.8. The highest BCUT2D eigenvalue weighted by Crippen LogP contribution is 2.50. The molecule has 12 aromatic rings. The molecule has 3 heterocycles. The Kier molecular flexibility index (Phi) is 9.01. The van der Waals surface area contributed by atoms with Crippen LogP contribution in [0.1, 0.15) is 33.2 Å². The fraction of sp³-hybridized carbons (Fsp3) is 0.0571. The Hall–Kier alpha value is -9.12. The van der Waals surface area contributed by atoms with Crippen molar-refractivity contribution in [2.45, 2.75) is 26.2 Å². The van der Waals surface area contributed by atoms with Crippen LogP contribution < -0.4 is 26.2 Å². The van der Waals surface area contributed by atoms with Gasteiger partial charge in [-0.2, -0.15) is 0 Å². The van der Waals surface area contributed by atoms with E-state index in [1.807, 2.05) is 24.3 Å². The van der Waals surface area contributed by atoms with Crippen LogP contribution in [-0.2, 0) is 5.41 Å². The Labute approximate surface area is 440 Å². The van der Waals surface area contributed by atoms with Crippen LogP contribution >= 0.6 is 0 Å². The highest BCUT2D eigenvalue weighted by atomic mass is 16.3. The Bertz CT molecular complexity index is 4410. The van der Waals surface area contributed by atoms with Gasteiger partial charge in [-0.1, -0.05) is 221 Å². The number of hydrogen-bond donors (Lipinski definition) is 0. The lowest BCUT2D eigenvalue weighted by Crippen LogP contribution is -2.61. The van der Waals surface area contributed by atoms with Crippen LogP contribution in [0.15, 0.2) is 259 Å². The van der Waals surface area contributed by atoms with Gasteiger partial charge in [-0.25, -0.2) is 0 Å².